The molecule has 14 heavy (non-hydrogen) atoms. The second-order valence-corrected chi connectivity index (χ2v) is 3.78. The van der Waals surface area contributed by atoms with E-state index in [1.165, 1.54) is 11.3 Å². The van der Waals surface area contributed by atoms with Gasteiger partial charge in [0.15, 0.2) is 0 Å². The Labute approximate surface area is 86.9 Å². The lowest BCUT2D eigenvalue weighted by Gasteiger charge is -2.11. The van der Waals surface area contributed by atoms with Gasteiger partial charge in [0.25, 0.3) is 0 Å². The van der Waals surface area contributed by atoms with Gasteiger partial charge in [-0.05, 0) is 38.2 Å². The third-order valence-corrected chi connectivity index (χ3v) is 2.25. The molecule has 1 N–H and O–H groups in total. The maximum absolute atomic E-state index is 3.39. The van der Waals surface area contributed by atoms with E-state index in [4.69, 9.17) is 0 Å². The molecular formula is C12H20N2. The zero-order valence-electron chi connectivity index (χ0n) is 9.38. The molecule has 1 aromatic rings. The minimum absolute atomic E-state index is 0.998. The van der Waals surface area contributed by atoms with Crippen LogP contribution in [0.25, 0.3) is 0 Å². The minimum Gasteiger partial charge on any atom is -0.384 e. The molecule has 0 heterocycles. The number of likely N-dealkylation sites (N-methyl/N-ethyl adjacent to an activating group) is 1. The number of hydrogen-bond acceptors (Lipinski definition) is 2. The van der Waals surface area contributed by atoms with Crippen LogP contribution in [-0.2, 0) is 6.42 Å². The van der Waals surface area contributed by atoms with E-state index in [2.05, 4.69) is 55.5 Å². The summed E-state index contributed by atoms with van der Waals surface area (Å²) >= 11 is 0. The Bertz CT molecular complexity index is 252. The Morgan fingerprint density at radius 3 is 2.29 bits per heavy atom. The van der Waals surface area contributed by atoms with Crippen molar-refractivity contribution >= 4 is 5.69 Å². The molecule has 0 aliphatic carbocycles. The van der Waals surface area contributed by atoms with Crippen molar-refractivity contribution in [2.24, 2.45) is 0 Å². The fourth-order valence-corrected chi connectivity index (χ4v) is 1.28. The lowest BCUT2D eigenvalue weighted by atomic mass is 10.1. The van der Waals surface area contributed by atoms with E-state index in [0.717, 1.165) is 19.5 Å². The molecule has 2 heteroatoms. The molecule has 0 radical (unpaired) electrons. The molecule has 78 valence electrons. The van der Waals surface area contributed by atoms with E-state index < -0.39 is 0 Å². The summed E-state index contributed by atoms with van der Waals surface area (Å²) in [7, 11) is 4.17. The fourth-order valence-electron chi connectivity index (χ4n) is 1.28. The summed E-state index contributed by atoms with van der Waals surface area (Å²) in [4.78, 5) is 2.17. The fraction of sp³-hybridized carbons (Fsp3) is 0.500. The first-order valence-corrected chi connectivity index (χ1v) is 5.20. The average molecular weight is 192 g/mol. The van der Waals surface area contributed by atoms with Gasteiger partial charge in [0.2, 0.25) is 0 Å². The first-order chi connectivity index (χ1) is 6.72. The Kier molecular flexibility index (Phi) is 4.47. The normalized spacial score (nSPS) is 10.6. The molecule has 2 nitrogen and oxygen atoms in total. The topological polar surface area (TPSA) is 15.3 Å². The van der Waals surface area contributed by atoms with Crippen molar-refractivity contribution in [3.05, 3.63) is 29.8 Å². The largest absolute Gasteiger partial charge is 0.384 e. The number of nitrogens with one attached hydrogen (secondary N) is 1. The van der Waals surface area contributed by atoms with E-state index in [0.29, 0.717) is 0 Å². The number of anilines is 1. The monoisotopic (exact) mass is 192 g/mol. The standard InChI is InChI=1S/C12H20N2/c1-4-11-5-7-12(8-6-11)13-9-10-14(2)3/h5-8,13H,4,9-10H2,1-3H3. The molecule has 0 fully saturated rings. The summed E-state index contributed by atoms with van der Waals surface area (Å²) in [6.45, 7) is 4.24. The van der Waals surface area contributed by atoms with Crippen molar-refractivity contribution < 1.29 is 0 Å². The quantitative estimate of drug-likeness (QED) is 0.769. The summed E-state index contributed by atoms with van der Waals surface area (Å²) in [6, 6.07) is 8.65. The highest BCUT2D eigenvalue weighted by Crippen LogP contribution is 2.09. The van der Waals surface area contributed by atoms with E-state index in [-0.39, 0.29) is 0 Å². The average Bonchev–Trinajstić information content (AvgIpc) is 2.18. The van der Waals surface area contributed by atoms with Gasteiger partial charge < -0.3 is 10.2 Å². The molecule has 0 aromatic heterocycles. The zero-order valence-corrected chi connectivity index (χ0v) is 9.38. The lowest BCUT2D eigenvalue weighted by Crippen LogP contribution is -2.20. The van der Waals surface area contributed by atoms with Crippen LogP contribution >= 0.6 is 0 Å². The predicted molar refractivity (Wildman–Crippen MR) is 62.9 cm³/mol. The second kappa shape index (κ2) is 5.66. The molecule has 0 saturated carbocycles. The van der Waals surface area contributed by atoms with E-state index >= 15 is 0 Å². The second-order valence-electron chi connectivity index (χ2n) is 3.78. The summed E-state index contributed by atoms with van der Waals surface area (Å²) in [5, 5.41) is 3.39. The molecule has 0 aliphatic heterocycles. The molecular weight excluding hydrogens is 172 g/mol. The van der Waals surface area contributed by atoms with Crippen molar-refractivity contribution in [3.8, 4) is 0 Å². The highest BCUT2D eigenvalue weighted by molar-refractivity contribution is 5.44. The molecule has 1 aromatic carbocycles. The van der Waals surface area contributed by atoms with Crippen LogP contribution in [0.4, 0.5) is 5.69 Å². The van der Waals surface area contributed by atoms with Gasteiger partial charge in [-0.25, -0.2) is 0 Å². The number of aryl methyl sites for hydroxylation is 1. The van der Waals surface area contributed by atoms with Crippen LogP contribution in [0.3, 0.4) is 0 Å². The van der Waals surface area contributed by atoms with Gasteiger partial charge in [0.1, 0.15) is 0 Å². The third kappa shape index (κ3) is 3.79. The van der Waals surface area contributed by atoms with Gasteiger partial charge in [-0.1, -0.05) is 19.1 Å². The van der Waals surface area contributed by atoms with Crippen LogP contribution in [-0.4, -0.2) is 32.1 Å². The smallest absolute Gasteiger partial charge is 0.0340 e. The van der Waals surface area contributed by atoms with Crippen molar-refractivity contribution in [1.82, 2.24) is 4.90 Å². The minimum atomic E-state index is 0.998. The summed E-state index contributed by atoms with van der Waals surface area (Å²) in [6.07, 6.45) is 1.11. The molecule has 1 rings (SSSR count). The molecule has 0 aliphatic rings. The van der Waals surface area contributed by atoms with E-state index in [9.17, 15) is 0 Å². The zero-order chi connectivity index (χ0) is 10.4. The molecule has 0 bridgehead atoms. The Morgan fingerprint density at radius 1 is 1.14 bits per heavy atom. The van der Waals surface area contributed by atoms with Crippen molar-refractivity contribution in [2.45, 2.75) is 13.3 Å². The van der Waals surface area contributed by atoms with Crippen LogP contribution in [0.15, 0.2) is 24.3 Å². The van der Waals surface area contributed by atoms with Gasteiger partial charge in [-0.3, -0.25) is 0 Å². The molecule has 0 atom stereocenters. The number of benzene rings is 1. The van der Waals surface area contributed by atoms with Gasteiger partial charge in [0, 0.05) is 18.8 Å². The van der Waals surface area contributed by atoms with Crippen molar-refractivity contribution in [2.75, 3.05) is 32.5 Å². The van der Waals surface area contributed by atoms with Gasteiger partial charge >= 0.3 is 0 Å². The molecule has 0 saturated heterocycles. The first-order valence-electron chi connectivity index (χ1n) is 5.20. The summed E-state index contributed by atoms with van der Waals surface area (Å²) in [5.74, 6) is 0. The van der Waals surface area contributed by atoms with Crippen LogP contribution in [0.2, 0.25) is 0 Å². The van der Waals surface area contributed by atoms with Crippen LogP contribution in [0, 0.1) is 0 Å². The highest BCUT2D eigenvalue weighted by atomic mass is 15.1. The molecule has 0 amide bonds. The van der Waals surface area contributed by atoms with Gasteiger partial charge in [0.05, 0.1) is 0 Å². The SMILES string of the molecule is CCc1ccc(NCCN(C)C)cc1. The highest BCUT2D eigenvalue weighted by Gasteiger charge is 1.93. The third-order valence-electron chi connectivity index (χ3n) is 2.25. The Balaban J connectivity index is 2.36. The molecule has 0 spiro atoms. The molecule has 0 unspecified atom stereocenters. The van der Waals surface area contributed by atoms with Crippen molar-refractivity contribution in [1.29, 1.82) is 0 Å². The van der Waals surface area contributed by atoms with Crippen molar-refractivity contribution in [3.63, 3.8) is 0 Å². The van der Waals surface area contributed by atoms with E-state index in [1.54, 1.807) is 0 Å². The Morgan fingerprint density at radius 2 is 1.79 bits per heavy atom. The maximum atomic E-state index is 3.39. The Hall–Kier alpha value is -1.02. The first kappa shape index (κ1) is 11.1. The number of nitrogens with zero attached hydrogens (tertiary/aromatic N) is 1. The van der Waals surface area contributed by atoms with E-state index in [1.807, 2.05) is 0 Å². The van der Waals surface area contributed by atoms with Gasteiger partial charge in [-0.15, -0.1) is 0 Å². The van der Waals surface area contributed by atoms with Crippen LogP contribution in [0.1, 0.15) is 12.5 Å². The summed E-state index contributed by atoms with van der Waals surface area (Å²) in [5.41, 5.74) is 2.60. The summed E-state index contributed by atoms with van der Waals surface area (Å²) < 4.78 is 0. The predicted octanol–water partition coefficient (Wildman–Crippen LogP) is 2.22. The van der Waals surface area contributed by atoms with Crippen LogP contribution in [0.5, 0.6) is 0 Å². The lowest BCUT2D eigenvalue weighted by molar-refractivity contribution is 0.425. The van der Waals surface area contributed by atoms with Crippen LogP contribution < -0.4 is 5.32 Å². The maximum Gasteiger partial charge on any atom is 0.0340 e. The number of hydrogen-bond donors (Lipinski definition) is 1. The number of rotatable bonds is 5. The van der Waals surface area contributed by atoms with Gasteiger partial charge in [-0.2, -0.15) is 0 Å².